The fraction of sp³-hybridized carbons (Fsp3) is 0.487. The number of carbonyl (C=O) groups is 2. The number of rotatable bonds is 21. The highest BCUT2D eigenvalue weighted by Gasteiger charge is 2.15. The summed E-state index contributed by atoms with van der Waals surface area (Å²) in [5, 5.41) is 0. The van der Waals surface area contributed by atoms with Crippen LogP contribution in [0.2, 0.25) is 0 Å². The molecule has 0 N–H and O–H groups in total. The van der Waals surface area contributed by atoms with Gasteiger partial charge in [-0.3, -0.25) is 0 Å². The van der Waals surface area contributed by atoms with Crippen LogP contribution in [0.3, 0.4) is 0 Å². The molecule has 5 heteroatoms. The predicted octanol–water partition coefficient (Wildman–Crippen LogP) is 11.0. The van der Waals surface area contributed by atoms with Gasteiger partial charge < -0.3 is 14.2 Å². The van der Waals surface area contributed by atoms with Crippen molar-refractivity contribution in [2.24, 2.45) is 0 Å². The molecular weight excluding hydrogens is 548 g/mol. The van der Waals surface area contributed by atoms with E-state index >= 15 is 0 Å². The summed E-state index contributed by atoms with van der Waals surface area (Å²) in [6.45, 7) is 7.22. The number of benzene rings is 3. The highest BCUT2D eigenvalue weighted by molar-refractivity contribution is 5.92. The first kappa shape index (κ1) is 34.9. The predicted molar refractivity (Wildman–Crippen MR) is 180 cm³/mol. The van der Waals surface area contributed by atoms with Gasteiger partial charge in [-0.25, -0.2) is 9.59 Å². The van der Waals surface area contributed by atoms with E-state index in [2.05, 4.69) is 13.8 Å². The Labute approximate surface area is 265 Å². The highest BCUT2D eigenvalue weighted by Crippen LogP contribution is 2.24. The zero-order chi connectivity index (χ0) is 31.4. The number of hydrogen-bond acceptors (Lipinski definition) is 5. The zero-order valence-corrected chi connectivity index (χ0v) is 27.2. The average Bonchev–Trinajstić information content (AvgIpc) is 3.06. The van der Waals surface area contributed by atoms with Crippen molar-refractivity contribution < 1.29 is 23.8 Å². The molecule has 0 aliphatic heterocycles. The van der Waals surface area contributed by atoms with E-state index in [-0.39, 0.29) is 12.1 Å². The van der Waals surface area contributed by atoms with E-state index in [0.717, 1.165) is 55.6 Å². The Morgan fingerprint density at radius 3 is 1.61 bits per heavy atom. The van der Waals surface area contributed by atoms with Gasteiger partial charge in [-0.1, -0.05) is 109 Å². The Bertz CT molecular complexity index is 1210. The minimum Gasteiger partial charge on any atom is -0.494 e. The molecule has 0 amide bonds. The number of unbranched alkanes of at least 4 members (excludes halogenated alkanes) is 10. The van der Waals surface area contributed by atoms with Crippen LogP contribution in [0.4, 0.5) is 0 Å². The fourth-order valence-corrected chi connectivity index (χ4v) is 5.16. The van der Waals surface area contributed by atoms with Crippen molar-refractivity contribution >= 4 is 11.9 Å². The average molecular weight is 601 g/mol. The molecule has 0 bridgehead atoms. The van der Waals surface area contributed by atoms with Crippen LogP contribution in [-0.4, -0.2) is 24.6 Å². The van der Waals surface area contributed by atoms with Crippen molar-refractivity contribution in [1.29, 1.82) is 0 Å². The lowest BCUT2D eigenvalue weighted by atomic mass is 10.0. The van der Waals surface area contributed by atoms with E-state index < -0.39 is 5.97 Å². The highest BCUT2D eigenvalue weighted by atomic mass is 16.5. The zero-order valence-electron chi connectivity index (χ0n) is 27.2. The Morgan fingerprint density at radius 1 is 0.545 bits per heavy atom. The Balaban J connectivity index is 1.42. The minimum absolute atomic E-state index is 0.0735. The van der Waals surface area contributed by atoms with Crippen LogP contribution in [0.25, 0.3) is 11.1 Å². The summed E-state index contributed by atoms with van der Waals surface area (Å²) < 4.78 is 17.2. The smallest absolute Gasteiger partial charge is 0.343 e. The summed E-state index contributed by atoms with van der Waals surface area (Å²) in [5.41, 5.74) is 2.97. The van der Waals surface area contributed by atoms with Gasteiger partial charge in [0.15, 0.2) is 0 Å². The monoisotopic (exact) mass is 600 g/mol. The molecule has 0 fully saturated rings. The Morgan fingerprint density at radius 2 is 1.02 bits per heavy atom. The van der Waals surface area contributed by atoms with Crippen LogP contribution in [-0.2, 0) is 4.74 Å². The van der Waals surface area contributed by atoms with Crippen LogP contribution in [0.15, 0.2) is 72.8 Å². The van der Waals surface area contributed by atoms with Gasteiger partial charge in [0.25, 0.3) is 0 Å². The third kappa shape index (κ3) is 12.6. The molecule has 5 nitrogen and oxygen atoms in total. The number of esters is 2. The molecule has 0 aliphatic rings. The molecule has 1 atom stereocenters. The number of ether oxygens (including phenoxy) is 3. The van der Waals surface area contributed by atoms with Gasteiger partial charge in [0, 0.05) is 0 Å². The molecule has 0 aliphatic carbocycles. The first-order valence-electron chi connectivity index (χ1n) is 16.9. The van der Waals surface area contributed by atoms with E-state index in [1.807, 2.05) is 43.3 Å². The molecule has 0 saturated carbocycles. The van der Waals surface area contributed by atoms with Crippen molar-refractivity contribution in [3.8, 4) is 22.6 Å². The van der Waals surface area contributed by atoms with Gasteiger partial charge in [0.05, 0.1) is 17.7 Å². The standard InChI is InChI=1S/C39H52O5/c1-4-7-9-11-12-13-14-16-30-42-36-26-22-32(23-27-36)31-18-20-33(21-19-31)39(41)44-37-28-24-34(25-29-37)38(40)43-35(6-3)17-15-10-8-5-2/h18-29,35H,4-17,30H2,1-3H3. The summed E-state index contributed by atoms with van der Waals surface area (Å²) in [6, 6.07) is 22.0. The Hall–Kier alpha value is -3.60. The maximum absolute atomic E-state index is 12.8. The Kier molecular flexibility index (Phi) is 16.2. The second kappa shape index (κ2) is 20.4. The maximum Gasteiger partial charge on any atom is 0.343 e. The van der Waals surface area contributed by atoms with Gasteiger partial charge in [-0.15, -0.1) is 0 Å². The summed E-state index contributed by atoms with van der Waals surface area (Å²) in [5.74, 6) is 0.465. The minimum atomic E-state index is -0.449. The van der Waals surface area contributed by atoms with Gasteiger partial charge in [0.2, 0.25) is 0 Å². The SMILES string of the molecule is CCCCCCCCCCOc1ccc(-c2ccc(C(=O)Oc3ccc(C(=O)OC(CC)CCCCCC)cc3)cc2)cc1. The quantitative estimate of drug-likeness (QED) is 0.0691. The molecule has 238 valence electrons. The van der Waals surface area contributed by atoms with Crippen LogP contribution in [0, 0.1) is 0 Å². The molecule has 1 unspecified atom stereocenters. The van der Waals surface area contributed by atoms with Crippen LogP contribution >= 0.6 is 0 Å². The lowest BCUT2D eigenvalue weighted by Gasteiger charge is -2.16. The molecule has 44 heavy (non-hydrogen) atoms. The van der Waals surface area contributed by atoms with E-state index in [1.165, 1.54) is 57.8 Å². The molecule has 3 aromatic rings. The molecular formula is C39H52O5. The van der Waals surface area contributed by atoms with Crippen LogP contribution in [0.5, 0.6) is 11.5 Å². The number of carbonyl (C=O) groups excluding carboxylic acids is 2. The molecule has 0 radical (unpaired) electrons. The third-order valence-corrected chi connectivity index (χ3v) is 7.98. The van der Waals surface area contributed by atoms with Crippen LogP contribution < -0.4 is 9.47 Å². The van der Waals surface area contributed by atoms with E-state index in [4.69, 9.17) is 14.2 Å². The van der Waals surface area contributed by atoms with Gasteiger partial charge in [-0.2, -0.15) is 0 Å². The van der Waals surface area contributed by atoms with Crippen molar-refractivity contribution in [2.45, 2.75) is 117 Å². The van der Waals surface area contributed by atoms with Gasteiger partial charge in [0.1, 0.15) is 17.6 Å². The largest absolute Gasteiger partial charge is 0.494 e. The van der Waals surface area contributed by atoms with E-state index in [0.29, 0.717) is 16.9 Å². The molecule has 3 rings (SSSR count). The van der Waals surface area contributed by atoms with Gasteiger partial charge >= 0.3 is 11.9 Å². The van der Waals surface area contributed by atoms with Crippen molar-refractivity contribution in [3.63, 3.8) is 0 Å². The summed E-state index contributed by atoms with van der Waals surface area (Å²) in [7, 11) is 0. The molecule has 0 aromatic heterocycles. The lowest BCUT2D eigenvalue weighted by molar-refractivity contribution is 0.0267. The van der Waals surface area contributed by atoms with Crippen molar-refractivity contribution in [2.75, 3.05) is 6.61 Å². The maximum atomic E-state index is 12.8. The first-order chi connectivity index (χ1) is 21.5. The van der Waals surface area contributed by atoms with E-state index in [9.17, 15) is 9.59 Å². The normalized spacial score (nSPS) is 11.6. The molecule has 0 heterocycles. The van der Waals surface area contributed by atoms with Crippen LogP contribution in [0.1, 0.15) is 131 Å². The first-order valence-corrected chi connectivity index (χ1v) is 16.9. The second-order valence-corrected chi connectivity index (χ2v) is 11.6. The summed E-state index contributed by atoms with van der Waals surface area (Å²) in [4.78, 5) is 25.4. The van der Waals surface area contributed by atoms with Gasteiger partial charge in [-0.05, 0) is 85.3 Å². The van der Waals surface area contributed by atoms with Crippen molar-refractivity contribution in [1.82, 2.24) is 0 Å². The number of hydrogen-bond donors (Lipinski definition) is 0. The second-order valence-electron chi connectivity index (χ2n) is 11.6. The topological polar surface area (TPSA) is 61.8 Å². The fourth-order valence-electron chi connectivity index (χ4n) is 5.16. The summed E-state index contributed by atoms with van der Waals surface area (Å²) in [6.07, 6.45) is 16.5. The lowest BCUT2D eigenvalue weighted by Crippen LogP contribution is -2.17. The molecule has 3 aromatic carbocycles. The molecule has 0 spiro atoms. The van der Waals surface area contributed by atoms with E-state index in [1.54, 1.807) is 36.4 Å². The van der Waals surface area contributed by atoms with Crippen molar-refractivity contribution in [3.05, 3.63) is 83.9 Å². The summed E-state index contributed by atoms with van der Waals surface area (Å²) >= 11 is 0. The molecule has 0 saturated heterocycles. The third-order valence-electron chi connectivity index (χ3n) is 7.98.